The van der Waals surface area contributed by atoms with E-state index in [0.29, 0.717) is 28.0 Å². The van der Waals surface area contributed by atoms with Crippen LogP contribution in [0.15, 0.2) is 47.6 Å². The molecule has 0 atom stereocenters. The topological polar surface area (TPSA) is 67.8 Å². The van der Waals surface area contributed by atoms with Crippen LogP contribution < -0.4 is 10.5 Å². The van der Waals surface area contributed by atoms with Gasteiger partial charge < -0.3 is 15.7 Å². The fourth-order valence-electron chi connectivity index (χ4n) is 1.91. The molecule has 5 heteroatoms. The van der Waals surface area contributed by atoms with Crippen molar-refractivity contribution >= 4 is 17.4 Å². The third-order valence-corrected chi connectivity index (χ3v) is 3.31. The highest BCUT2D eigenvalue weighted by Crippen LogP contribution is 2.29. The molecule has 21 heavy (non-hydrogen) atoms. The van der Waals surface area contributed by atoms with Crippen LogP contribution in [0.4, 0.5) is 0 Å². The smallest absolute Gasteiger partial charge is 0.173 e. The van der Waals surface area contributed by atoms with Gasteiger partial charge >= 0.3 is 0 Å². The molecule has 2 aromatic rings. The molecule has 0 saturated heterocycles. The lowest BCUT2D eigenvalue weighted by molar-refractivity contribution is 0.318. The Morgan fingerprint density at radius 1 is 1.24 bits per heavy atom. The molecule has 0 aliphatic heterocycles. The Morgan fingerprint density at radius 2 is 2.00 bits per heavy atom. The third kappa shape index (κ3) is 3.67. The molecule has 0 aliphatic rings. The van der Waals surface area contributed by atoms with E-state index in [-0.39, 0.29) is 5.84 Å². The highest BCUT2D eigenvalue weighted by Gasteiger charge is 2.11. The summed E-state index contributed by atoms with van der Waals surface area (Å²) in [7, 11) is 0. The molecule has 2 aromatic carbocycles. The average Bonchev–Trinajstić information content (AvgIpc) is 2.48. The zero-order valence-corrected chi connectivity index (χ0v) is 12.6. The van der Waals surface area contributed by atoms with Crippen LogP contribution in [0.5, 0.6) is 11.5 Å². The first-order valence-corrected chi connectivity index (χ1v) is 6.94. The minimum Gasteiger partial charge on any atom is -0.457 e. The summed E-state index contributed by atoms with van der Waals surface area (Å²) in [4.78, 5) is 0. The fraction of sp³-hybridized carbons (Fsp3) is 0.188. The Balaban J connectivity index is 2.38. The molecule has 0 amide bonds. The molecule has 3 N–H and O–H groups in total. The average molecular weight is 305 g/mol. The van der Waals surface area contributed by atoms with Crippen LogP contribution in [0.25, 0.3) is 0 Å². The molecule has 110 valence electrons. The summed E-state index contributed by atoms with van der Waals surface area (Å²) in [5.74, 6) is 1.53. The van der Waals surface area contributed by atoms with Crippen LogP contribution >= 0.6 is 11.6 Å². The monoisotopic (exact) mass is 304 g/mol. The first kappa shape index (κ1) is 15.2. The lowest BCUT2D eigenvalue weighted by atomic mass is 10.0. The number of halogens is 1. The Kier molecular flexibility index (Phi) is 4.70. The van der Waals surface area contributed by atoms with Crippen molar-refractivity contribution in [2.75, 3.05) is 0 Å². The maximum atomic E-state index is 8.85. The molecular formula is C16H17ClN2O2. The van der Waals surface area contributed by atoms with E-state index < -0.39 is 0 Å². The van der Waals surface area contributed by atoms with Crippen LogP contribution in [0.1, 0.15) is 30.9 Å². The van der Waals surface area contributed by atoms with Gasteiger partial charge in [0.15, 0.2) is 5.84 Å². The Morgan fingerprint density at radius 3 is 2.67 bits per heavy atom. The fourth-order valence-corrected chi connectivity index (χ4v) is 2.08. The standard InChI is InChI=1S/C16H17ClN2O2/c1-10(2)11-4-3-5-13(8-11)21-15-7-6-12(17)9-14(15)16(18)19-20/h3-10,20H,1-2H3,(H2,18,19). The maximum Gasteiger partial charge on any atom is 0.173 e. The molecule has 0 aliphatic carbocycles. The predicted octanol–water partition coefficient (Wildman–Crippen LogP) is 4.35. The molecule has 0 unspecified atom stereocenters. The lowest BCUT2D eigenvalue weighted by Crippen LogP contribution is -2.14. The van der Waals surface area contributed by atoms with E-state index in [0.717, 1.165) is 0 Å². The van der Waals surface area contributed by atoms with Crippen molar-refractivity contribution in [1.29, 1.82) is 0 Å². The second-order valence-electron chi connectivity index (χ2n) is 4.95. The molecular weight excluding hydrogens is 288 g/mol. The molecule has 0 fully saturated rings. The van der Waals surface area contributed by atoms with Crippen molar-refractivity contribution in [1.82, 2.24) is 0 Å². The minimum atomic E-state index is -0.0486. The number of benzene rings is 2. The molecule has 0 saturated carbocycles. The van der Waals surface area contributed by atoms with Crippen LogP contribution in [-0.2, 0) is 0 Å². The zero-order chi connectivity index (χ0) is 15.4. The Bertz CT molecular complexity index is 669. The summed E-state index contributed by atoms with van der Waals surface area (Å²) in [6, 6.07) is 12.8. The quantitative estimate of drug-likeness (QED) is 0.382. The van der Waals surface area contributed by atoms with Gasteiger partial charge in [0.2, 0.25) is 0 Å². The van der Waals surface area contributed by atoms with Gasteiger partial charge in [0.25, 0.3) is 0 Å². The van der Waals surface area contributed by atoms with Crippen LogP contribution in [0.2, 0.25) is 5.02 Å². The van der Waals surface area contributed by atoms with Crippen molar-refractivity contribution in [2.24, 2.45) is 10.9 Å². The van der Waals surface area contributed by atoms with E-state index >= 15 is 0 Å². The highest BCUT2D eigenvalue weighted by atomic mass is 35.5. The van der Waals surface area contributed by atoms with Crippen molar-refractivity contribution in [3.8, 4) is 11.5 Å². The van der Waals surface area contributed by atoms with E-state index in [4.69, 9.17) is 27.3 Å². The SMILES string of the molecule is CC(C)c1cccc(Oc2ccc(Cl)cc2C(N)=NO)c1. The van der Waals surface area contributed by atoms with Gasteiger partial charge in [-0.15, -0.1) is 0 Å². The number of rotatable bonds is 4. The number of hydrogen-bond acceptors (Lipinski definition) is 3. The summed E-state index contributed by atoms with van der Waals surface area (Å²) >= 11 is 5.94. The normalized spacial score (nSPS) is 11.7. The number of oxime groups is 1. The van der Waals surface area contributed by atoms with Crippen molar-refractivity contribution in [3.63, 3.8) is 0 Å². The number of nitrogens with zero attached hydrogens (tertiary/aromatic N) is 1. The third-order valence-electron chi connectivity index (χ3n) is 3.08. The van der Waals surface area contributed by atoms with E-state index in [2.05, 4.69) is 19.0 Å². The van der Waals surface area contributed by atoms with Crippen LogP contribution in [0, 0.1) is 0 Å². The van der Waals surface area contributed by atoms with E-state index in [1.807, 2.05) is 24.3 Å². The summed E-state index contributed by atoms with van der Waals surface area (Å²) in [6.45, 7) is 4.23. The van der Waals surface area contributed by atoms with Gasteiger partial charge in [-0.2, -0.15) is 0 Å². The molecule has 4 nitrogen and oxygen atoms in total. The van der Waals surface area contributed by atoms with Gasteiger partial charge in [-0.25, -0.2) is 0 Å². The first-order chi connectivity index (χ1) is 10.0. The second kappa shape index (κ2) is 6.50. The summed E-state index contributed by atoms with van der Waals surface area (Å²) in [5, 5.41) is 12.3. The first-order valence-electron chi connectivity index (χ1n) is 6.56. The maximum absolute atomic E-state index is 8.85. The predicted molar refractivity (Wildman–Crippen MR) is 84.6 cm³/mol. The van der Waals surface area contributed by atoms with Gasteiger partial charge in [0.1, 0.15) is 11.5 Å². The van der Waals surface area contributed by atoms with Gasteiger partial charge in [0, 0.05) is 5.02 Å². The van der Waals surface area contributed by atoms with E-state index in [1.165, 1.54) is 5.56 Å². The molecule has 0 spiro atoms. The van der Waals surface area contributed by atoms with E-state index in [9.17, 15) is 0 Å². The van der Waals surface area contributed by atoms with Gasteiger partial charge in [0.05, 0.1) is 5.56 Å². The van der Waals surface area contributed by atoms with Crippen LogP contribution in [0.3, 0.4) is 0 Å². The Hall–Kier alpha value is -2.20. The summed E-state index contributed by atoms with van der Waals surface area (Å²) in [5.41, 5.74) is 7.27. The molecule has 0 radical (unpaired) electrons. The Labute approximate surface area is 128 Å². The molecule has 2 rings (SSSR count). The molecule has 0 heterocycles. The van der Waals surface area contributed by atoms with Gasteiger partial charge in [-0.05, 0) is 41.8 Å². The number of nitrogens with two attached hydrogens (primary N) is 1. The zero-order valence-electron chi connectivity index (χ0n) is 11.9. The number of ether oxygens (including phenoxy) is 1. The summed E-state index contributed by atoms with van der Waals surface area (Å²) < 4.78 is 5.85. The van der Waals surface area contributed by atoms with Gasteiger partial charge in [-0.3, -0.25) is 0 Å². The number of amidine groups is 1. The van der Waals surface area contributed by atoms with Crippen LogP contribution in [-0.4, -0.2) is 11.0 Å². The molecule has 0 aromatic heterocycles. The largest absolute Gasteiger partial charge is 0.457 e. The van der Waals surface area contributed by atoms with E-state index in [1.54, 1.807) is 18.2 Å². The van der Waals surface area contributed by atoms with Crippen molar-refractivity contribution in [3.05, 3.63) is 58.6 Å². The highest BCUT2D eigenvalue weighted by molar-refractivity contribution is 6.31. The minimum absolute atomic E-state index is 0.0486. The van der Waals surface area contributed by atoms with Crippen molar-refractivity contribution < 1.29 is 9.94 Å². The molecule has 0 bridgehead atoms. The van der Waals surface area contributed by atoms with Gasteiger partial charge in [-0.1, -0.05) is 42.7 Å². The summed E-state index contributed by atoms with van der Waals surface area (Å²) in [6.07, 6.45) is 0. The lowest BCUT2D eigenvalue weighted by Gasteiger charge is -2.12. The second-order valence-corrected chi connectivity index (χ2v) is 5.39. The van der Waals surface area contributed by atoms with Crippen molar-refractivity contribution in [2.45, 2.75) is 19.8 Å². The number of hydrogen-bond donors (Lipinski definition) is 2.